The van der Waals surface area contributed by atoms with E-state index in [1.54, 1.807) is 0 Å². The van der Waals surface area contributed by atoms with Gasteiger partial charge in [0.1, 0.15) is 0 Å². The number of hydrogen-bond acceptors (Lipinski definition) is 4. The van der Waals surface area contributed by atoms with Crippen LogP contribution < -0.4 is 10.6 Å². The van der Waals surface area contributed by atoms with Crippen molar-refractivity contribution in [1.29, 1.82) is 0 Å². The number of nitrogens with one attached hydrogen (secondary N) is 2. The van der Waals surface area contributed by atoms with E-state index in [2.05, 4.69) is 15.6 Å². The number of fused-ring (bicyclic) bond motifs is 1. The van der Waals surface area contributed by atoms with Gasteiger partial charge in [0, 0.05) is 6.54 Å². The van der Waals surface area contributed by atoms with Crippen LogP contribution in [0.15, 0.2) is 24.3 Å². The van der Waals surface area contributed by atoms with Gasteiger partial charge >= 0.3 is 0 Å². The number of piperidine rings is 1. The van der Waals surface area contributed by atoms with Gasteiger partial charge in [0.25, 0.3) is 0 Å². The van der Waals surface area contributed by atoms with Crippen LogP contribution in [0.4, 0.5) is 5.13 Å². The van der Waals surface area contributed by atoms with Gasteiger partial charge in [-0.15, -0.1) is 12.4 Å². The molecule has 3 rings (SSSR count). The van der Waals surface area contributed by atoms with Crippen LogP contribution in [0, 0.1) is 5.41 Å². The molecular formula is C14H18ClN3OS. The number of carbonyl (C=O) groups is 1. The topological polar surface area (TPSA) is 54.0 Å². The van der Waals surface area contributed by atoms with E-state index in [4.69, 9.17) is 0 Å². The van der Waals surface area contributed by atoms with Crippen LogP contribution in [0.25, 0.3) is 10.2 Å². The van der Waals surface area contributed by atoms with Crippen molar-refractivity contribution < 1.29 is 4.79 Å². The van der Waals surface area contributed by atoms with Crippen molar-refractivity contribution in [3.05, 3.63) is 24.3 Å². The highest BCUT2D eigenvalue weighted by atomic mass is 35.5. The van der Waals surface area contributed by atoms with Crippen LogP contribution >= 0.6 is 23.7 Å². The Labute approximate surface area is 128 Å². The lowest BCUT2D eigenvalue weighted by molar-refractivity contribution is -0.125. The number of hydrogen-bond donors (Lipinski definition) is 2. The van der Waals surface area contributed by atoms with Crippen LogP contribution in [0.1, 0.15) is 19.8 Å². The summed E-state index contributed by atoms with van der Waals surface area (Å²) in [6.07, 6.45) is 1.97. The minimum Gasteiger partial charge on any atom is -0.316 e. The van der Waals surface area contributed by atoms with Gasteiger partial charge < -0.3 is 10.6 Å². The smallest absolute Gasteiger partial charge is 0.233 e. The zero-order chi connectivity index (χ0) is 13.3. The molecule has 1 fully saturated rings. The molecule has 2 aromatic rings. The first-order chi connectivity index (χ1) is 9.17. The molecule has 1 unspecified atom stereocenters. The number of amides is 1. The lowest BCUT2D eigenvalue weighted by atomic mass is 9.82. The van der Waals surface area contributed by atoms with Gasteiger partial charge in [0.15, 0.2) is 5.13 Å². The lowest BCUT2D eigenvalue weighted by Crippen LogP contribution is -2.46. The van der Waals surface area contributed by atoms with Crippen LogP contribution in [0.2, 0.25) is 0 Å². The molecule has 0 radical (unpaired) electrons. The summed E-state index contributed by atoms with van der Waals surface area (Å²) in [5, 5.41) is 6.95. The molecule has 6 heteroatoms. The first-order valence-electron chi connectivity index (χ1n) is 6.55. The lowest BCUT2D eigenvalue weighted by Gasteiger charge is -2.32. The Balaban J connectivity index is 0.00000147. The summed E-state index contributed by atoms with van der Waals surface area (Å²) >= 11 is 1.52. The monoisotopic (exact) mass is 311 g/mol. The molecule has 1 amide bonds. The van der Waals surface area contributed by atoms with Crippen LogP contribution in [-0.4, -0.2) is 24.0 Å². The molecule has 108 valence electrons. The van der Waals surface area contributed by atoms with E-state index in [-0.39, 0.29) is 23.7 Å². The van der Waals surface area contributed by atoms with Crippen molar-refractivity contribution in [3.8, 4) is 0 Å². The average Bonchev–Trinajstić information content (AvgIpc) is 2.81. The number of halogens is 1. The third kappa shape index (κ3) is 2.95. The fourth-order valence-corrected chi connectivity index (χ4v) is 3.28. The predicted octanol–water partition coefficient (Wildman–Crippen LogP) is 3.05. The molecule has 2 heterocycles. The molecule has 1 aromatic carbocycles. The Morgan fingerprint density at radius 3 is 2.95 bits per heavy atom. The maximum absolute atomic E-state index is 12.4. The number of rotatable bonds is 2. The summed E-state index contributed by atoms with van der Waals surface area (Å²) in [6, 6.07) is 7.93. The summed E-state index contributed by atoms with van der Waals surface area (Å²) < 4.78 is 1.10. The SMILES string of the molecule is CC1(C(=O)Nc2nc3ccccc3s2)CCCNC1.Cl. The number of anilines is 1. The van der Waals surface area contributed by atoms with E-state index in [9.17, 15) is 4.79 Å². The maximum atomic E-state index is 12.4. The van der Waals surface area contributed by atoms with E-state index in [0.29, 0.717) is 5.13 Å². The second-order valence-corrected chi connectivity index (χ2v) is 6.31. The van der Waals surface area contributed by atoms with Gasteiger partial charge in [0.05, 0.1) is 15.6 Å². The summed E-state index contributed by atoms with van der Waals surface area (Å²) in [7, 11) is 0. The predicted molar refractivity (Wildman–Crippen MR) is 85.7 cm³/mol. The highest BCUT2D eigenvalue weighted by molar-refractivity contribution is 7.22. The maximum Gasteiger partial charge on any atom is 0.233 e. The standard InChI is InChI=1S/C14H17N3OS.ClH/c1-14(7-4-8-15-9-14)12(18)17-13-16-10-5-2-3-6-11(10)19-13;/h2-3,5-6,15H,4,7-9H2,1H3,(H,16,17,18);1H. The number of para-hydroxylation sites is 1. The zero-order valence-corrected chi connectivity index (χ0v) is 12.9. The Morgan fingerprint density at radius 2 is 2.25 bits per heavy atom. The van der Waals surface area contributed by atoms with Gasteiger partial charge in [-0.1, -0.05) is 23.5 Å². The molecule has 1 aliphatic rings. The highest BCUT2D eigenvalue weighted by Gasteiger charge is 2.35. The van der Waals surface area contributed by atoms with E-state index >= 15 is 0 Å². The third-order valence-corrected chi connectivity index (χ3v) is 4.61. The van der Waals surface area contributed by atoms with E-state index in [1.807, 2.05) is 31.2 Å². The van der Waals surface area contributed by atoms with Crippen LogP contribution in [-0.2, 0) is 4.79 Å². The molecule has 1 saturated heterocycles. The summed E-state index contributed by atoms with van der Waals surface area (Å²) in [5.74, 6) is 0.0683. The zero-order valence-electron chi connectivity index (χ0n) is 11.3. The Hall–Kier alpha value is -1.17. The molecule has 4 nitrogen and oxygen atoms in total. The molecule has 2 N–H and O–H groups in total. The van der Waals surface area contributed by atoms with E-state index < -0.39 is 0 Å². The molecule has 1 aromatic heterocycles. The van der Waals surface area contributed by atoms with Crippen molar-refractivity contribution in [1.82, 2.24) is 10.3 Å². The summed E-state index contributed by atoms with van der Waals surface area (Å²) in [6.45, 7) is 3.76. The average molecular weight is 312 g/mol. The van der Waals surface area contributed by atoms with Gasteiger partial charge in [-0.3, -0.25) is 4.79 Å². The Kier molecular flexibility index (Phi) is 4.62. The van der Waals surface area contributed by atoms with Crippen molar-refractivity contribution >= 4 is 45.0 Å². The van der Waals surface area contributed by atoms with Gasteiger partial charge in [-0.25, -0.2) is 4.98 Å². The summed E-state index contributed by atoms with van der Waals surface area (Å²) in [5.41, 5.74) is 0.616. The highest BCUT2D eigenvalue weighted by Crippen LogP contribution is 2.30. The molecule has 1 atom stereocenters. The van der Waals surface area contributed by atoms with Crippen LogP contribution in [0.3, 0.4) is 0 Å². The van der Waals surface area contributed by atoms with Crippen molar-refractivity contribution in [2.24, 2.45) is 5.41 Å². The van der Waals surface area contributed by atoms with Gasteiger partial charge in [0.2, 0.25) is 5.91 Å². The molecular weight excluding hydrogens is 294 g/mol. The second kappa shape index (κ2) is 6.08. The number of benzene rings is 1. The second-order valence-electron chi connectivity index (χ2n) is 5.28. The first-order valence-corrected chi connectivity index (χ1v) is 7.37. The largest absolute Gasteiger partial charge is 0.316 e. The first kappa shape index (κ1) is 15.2. The van der Waals surface area contributed by atoms with Crippen LogP contribution in [0.5, 0.6) is 0 Å². The quantitative estimate of drug-likeness (QED) is 0.896. The Bertz CT molecular complexity index is 574. The molecule has 0 bridgehead atoms. The third-order valence-electron chi connectivity index (χ3n) is 3.66. The van der Waals surface area contributed by atoms with E-state index in [0.717, 1.165) is 36.1 Å². The van der Waals surface area contributed by atoms with Gasteiger partial charge in [-0.05, 0) is 38.4 Å². The number of aromatic nitrogens is 1. The number of nitrogens with zero attached hydrogens (tertiary/aromatic N) is 1. The molecule has 0 saturated carbocycles. The molecule has 0 aliphatic carbocycles. The van der Waals surface area contributed by atoms with Crippen molar-refractivity contribution in [3.63, 3.8) is 0 Å². The minimum absolute atomic E-state index is 0. The Morgan fingerprint density at radius 1 is 1.45 bits per heavy atom. The van der Waals surface area contributed by atoms with Gasteiger partial charge in [-0.2, -0.15) is 0 Å². The fourth-order valence-electron chi connectivity index (χ4n) is 2.42. The van der Waals surface area contributed by atoms with E-state index in [1.165, 1.54) is 11.3 Å². The summed E-state index contributed by atoms with van der Waals surface area (Å²) in [4.78, 5) is 16.8. The molecule has 0 spiro atoms. The normalized spacial score (nSPS) is 22.2. The fraction of sp³-hybridized carbons (Fsp3) is 0.429. The van der Waals surface area contributed by atoms with Crippen molar-refractivity contribution in [2.75, 3.05) is 18.4 Å². The number of thiazole rings is 1. The molecule has 20 heavy (non-hydrogen) atoms. The number of carbonyl (C=O) groups excluding carboxylic acids is 1. The minimum atomic E-state index is -0.323. The van der Waals surface area contributed by atoms with Crippen molar-refractivity contribution in [2.45, 2.75) is 19.8 Å². The molecule has 1 aliphatic heterocycles.